The Labute approximate surface area is 295 Å². The van der Waals surface area contributed by atoms with Gasteiger partial charge < -0.3 is 5.11 Å². The fraction of sp³-hybridized carbons (Fsp3) is 0.256. The Morgan fingerprint density at radius 2 is 1.24 bits per heavy atom. The fourth-order valence-corrected chi connectivity index (χ4v) is 7.18. The first kappa shape index (κ1) is 34.5. The zero-order valence-corrected chi connectivity index (χ0v) is 29.1. The van der Waals surface area contributed by atoms with Gasteiger partial charge in [0.15, 0.2) is 5.82 Å². The van der Waals surface area contributed by atoms with Crippen molar-refractivity contribution in [2.45, 2.75) is 58.2 Å². The second-order valence-electron chi connectivity index (χ2n) is 13.2. The summed E-state index contributed by atoms with van der Waals surface area (Å²) in [5.41, 5.74) is 6.27. The van der Waals surface area contributed by atoms with Gasteiger partial charge in [-0.05, 0) is 62.7 Å². The topological polar surface area (TPSA) is 84.1 Å². The minimum absolute atomic E-state index is 0.000940. The van der Waals surface area contributed by atoms with Crippen molar-refractivity contribution in [3.8, 4) is 22.5 Å². The molecule has 6 aromatic rings. The van der Waals surface area contributed by atoms with E-state index in [1.165, 1.54) is 0 Å². The number of nitrogens with zero attached hydrogens (tertiary/aromatic N) is 5. The van der Waals surface area contributed by atoms with Gasteiger partial charge in [-0.2, -0.15) is 0 Å². The largest absolute Gasteiger partial charge is 0.480 e. The number of tetrazole rings is 1. The molecule has 0 aliphatic rings. The van der Waals surface area contributed by atoms with E-state index in [-0.39, 0.29) is 5.92 Å². The molecule has 50 heavy (non-hydrogen) atoms. The van der Waals surface area contributed by atoms with Gasteiger partial charge in [0.25, 0.3) is 0 Å². The Hall–Kier alpha value is -5.40. The highest BCUT2D eigenvalue weighted by molar-refractivity contribution is 5.81. The maximum absolute atomic E-state index is 12.3. The van der Waals surface area contributed by atoms with E-state index in [0.29, 0.717) is 12.4 Å². The van der Waals surface area contributed by atoms with Gasteiger partial charge in [0.05, 0.1) is 0 Å². The molecule has 0 aliphatic heterocycles. The van der Waals surface area contributed by atoms with E-state index in [4.69, 9.17) is 10.3 Å². The van der Waals surface area contributed by atoms with Crippen molar-refractivity contribution < 1.29 is 9.90 Å². The zero-order valence-electron chi connectivity index (χ0n) is 29.1. The first-order valence-corrected chi connectivity index (χ1v) is 17.6. The maximum atomic E-state index is 12.3. The molecule has 0 fully saturated rings. The minimum Gasteiger partial charge on any atom is -0.480 e. The van der Waals surface area contributed by atoms with E-state index >= 15 is 0 Å². The molecule has 0 aliphatic carbocycles. The SMILES string of the molecule is CCCCCN(Cc1ccc(-c2ccccc2-c2nnnn2C(c2ccccc2)(c2ccccc2)c2ccccc2)cc1)[C@H](C(=O)O)C(C)C. The maximum Gasteiger partial charge on any atom is 0.321 e. The van der Waals surface area contributed by atoms with Crippen molar-refractivity contribution in [3.63, 3.8) is 0 Å². The van der Waals surface area contributed by atoms with E-state index < -0.39 is 17.6 Å². The number of hydrogen-bond acceptors (Lipinski definition) is 5. The van der Waals surface area contributed by atoms with Gasteiger partial charge in [0.1, 0.15) is 11.6 Å². The van der Waals surface area contributed by atoms with E-state index in [1.54, 1.807) is 0 Å². The first-order valence-electron chi connectivity index (χ1n) is 17.6. The quantitative estimate of drug-likeness (QED) is 0.0873. The van der Waals surface area contributed by atoms with Gasteiger partial charge in [0, 0.05) is 12.1 Å². The Morgan fingerprint density at radius 1 is 0.720 bits per heavy atom. The zero-order chi connectivity index (χ0) is 34.9. The first-order chi connectivity index (χ1) is 24.4. The van der Waals surface area contributed by atoms with Crippen LogP contribution in [-0.2, 0) is 16.9 Å². The van der Waals surface area contributed by atoms with Crippen molar-refractivity contribution in [2.75, 3.05) is 6.54 Å². The van der Waals surface area contributed by atoms with Crippen LogP contribution in [-0.4, -0.2) is 48.8 Å². The van der Waals surface area contributed by atoms with Gasteiger partial charge >= 0.3 is 5.97 Å². The molecule has 1 atom stereocenters. The van der Waals surface area contributed by atoms with Crippen LogP contribution in [0.4, 0.5) is 0 Å². The smallest absolute Gasteiger partial charge is 0.321 e. The summed E-state index contributed by atoms with van der Waals surface area (Å²) >= 11 is 0. The Balaban J connectivity index is 1.44. The average Bonchev–Trinajstić information content (AvgIpc) is 3.63. The molecule has 0 amide bonds. The third-order valence-corrected chi connectivity index (χ3v) is 9.51. The normalized spacial score (nSPS) is 12.3. The van der Waals surface area contributed by atoms with Gasteiger partial charge in [0.2, 0.25) is 0 Å². The van der Waals surface area contributed by atoms with E-state index in [0.717, 1.165) is 64.8 Å². The molecule has 254 valence electrons. The summed E-state index contributed by atoms with van der Waals surface area (Å²) in [6.45, 7) is 7.47. The van der Waals surface area contributed by atoms with Gasteiger partial charge in [-0.25, -0.2) is 4.68 Å². The van der Waals surface area contributed by atoms with Gasteiger partial charge in [-0.1, -0.05) is 173 Å². The standard InChI is InChI=1S/C43H45N5O2/c1-4-5-17-30-47(40(32(2)3)42(49)50)31-33-26-28-34(29-27-33)38-24-15-16-25-39(38)41-44-45-46-48(41)43(35-18-9-6-10-19-35,36-20-11-7-12-21-36)37-22-13-8-14-23-37/h6-16,18-29,32,40H,4-5,17,30-31H2,1-3H3,(H,49,50)/t40-/m0/s1. The monoisotopic (exact) mass is 663 g/mol. The lowest BCUT2D eigenvalue weighted by atomic mass is 9.77. The Kier molecular flexibility index (Phi) is 10.9. The number of carbonyl (C=O) groups is 1. The van der Waals surface area contributed by atoms with Crippen molar-refractivity contribution in [1.29, 1.82) is 0 Å². The summed E-state index contributed by atoms with van der Waals surface area (Å²) in [7, 11) is 0. The van der Waals surface area contributed by atoms with Crippen molar-refractivity contribution in [2.24, 2.45) is 5.92 Å². The average molecular weight is 664 g/mol. The lowest BCUT2D eigenvalue weighted by molar-refractivity contribution is -0.145. The van der Waals surface area contributed by atoms with Crippen LogP contribution in [0.2, 0.25) is 0 Å². The predicted molar refractivity (Wildman–Crippen MR) is 199 cm³/mol. The van der Waals surface area contributed by atoms with Crippen LogP contribution in [0.5, 0.6) is 0 Å². The van der Waals surface area contributed by atoms with Gasteiger partial charge in [-0.15, -0.1) is 5.10 Å². The Bertz CT molecular complexity index is 1860. The van der Waals surface area contributed by atoms with Crippen LogP contribution < -0.4 is 0 Å². The number of rotatable bonds is 15. The summed E-state index contributed by atoms with van der Waals surface area (Å²) in [6.07, 6.45) is 3.15. The molecular weight excluding hydrogens is 619 g/mol. The molecule has 7 nitrogen and oxygen atoms in total. The van der Waals surface area contributed by atoms with E-state index in [1.807, 2.05) is 48.9 Å². The molecule has 0 saturated carbocycles. The number of benzene rings is 5. The van der Waals surface area contributed by atoms with Crippen LogP contribution in [0.15, 0.2) is 140 Å². The third kappa shape index (κ3) is 7.00. The molecule has 0 radical (unpaired) electrons. The highest BCUT2D eigenvalue weighted by Crippen LogP contribution is 2.43. The minimum atomic E-state index is -0.863. The molecule has 7 heteroatoms. The molecule has 1 aromatic heterocycles. The molecule has 0 unspecified atom stereocenters. The highest BCUT2D eigenvalue weighted by Gasteiger charge is 2.42. The molecule has 0 bridgehead atoms. The van der Waals surface area contributed by atoms with E-state index in [2.05, 4.69) is 126 Å². The van der Waals surface area contributed by atoms with Crippen LogP contribution in [0.25, 0.3) is 22.5 Å². The van der Waals surface area contributed by atoms with Crippen LogP contribution in [0.1, 0.15) is 62.3 Å². The lowest BCUT2D eigenvalue weighted by Gasteiger charge is -2.36. The summed E-state index contributed by atoms with van der Waals surface area (Å²) in [4.78, 5) is 14.4. The molecule has 6 rings (SSSR count). The Morgan fingerprint density at radius 3 is 1.74 bits per heavy atom. The van der Waals surface area contributed by atoms with E-state index in [9.17, 15) is 9.90 Å². The summed E-state index contributed by atoms with van der Waals surface area (Å²) in [5, 5.41) is 23.9. The number of unbranched alkanes of at least 4 members (excludes halogenated alkanes) is 2. The summed E-state index contributed by atoms with van der Waals surface area (Å²) in [6, 6.07) is 47.4. The van der Waals surface area contributed by atoms with Crippen molar-refractivity contribution in [1.82, 2.24) is 25.1 Å². The molecule has 0 saturated heterocycles. The van der Waals surface area contributed by atoms with Crippen LogP contribution in [0.3, 0.4) is 0 Å². The lowest BCUT2D eigenvalue weighted by Crippen LogP contribution is -2.44. The number of carboxylic acid groups (broad SMARTS) is 1. The van der Waals surface area contributed by atoms with Crippen molar-refractivity contribution >= 4 is 5.97 Å². The number of carboxylic acids is 1. The second kappa shape index (κ2) is 15.9. The number of aromatic nitrogens is 4. The molecule has 0 spiro atoms. The molecule has 1 heterocycles. The van der Waals surface area contributed by atoms with Crippen LogP contribution in [0, 0.1) is 5.92 Å². The molecular formula is C43H45N5O2. The van der Waals surface area contributed by atoms with Crippen LogP contribution >= 0.6 is 0 Å². The third-order valence-electron chi connectivity index (χ3n) is 9.51. The predicted octanol–water partition coefficient (Wildman–Crippen LogP) is 8.95. The fourth-order valence-electron chi connectivity index (χ4n) is 7.18. The summed E-state index contributed by atoms with van der Waals surface area (Å²) in [5.74, 6) is -0.122. The molecule has 1 N–H and O–H groups in total. The summed E-state index contributed by atoms with van der Waals surface area (Å²) < 4.78 is 1.96. The number of hydrogen-bond donors (Lipinski definition) is 1. The second-order valence-corrected chi connectivity index (χ2v) is 13.2. The van der Waals surface area contributed by atoms with Crippen molar-refractivity contribution in [3.05, 3.63) is 162 Å². The highest BCUT2D eigenvalue weighted by atomic mass is 16.4. The van der Waals surface area contributed by atoms with Gasteiger partial charge in [-0.3, -0.25) is 9.69 Å². The molecule has 5 aromatic carbocycles. The number of aliphatic carboxylic acids is 1.